The maximum absolute atomic E-state index is 12.4. The van der Waals surface area contributed by atoms with Gasteiger partial charge in [0.25, 0.3) is 0 Å². The van der Waals surface area contributed by atoms with Gasteiger partial charge in [-0.25, -0.2) is 0 Å². The molecule has 0 aliphatic heterocycles. The molecule has 2 aromatic carbocycles. The topological polar surface area (TPSA) is 58.9 Å². The van der Waals surface area contributed by atoms with E-state index in [2.05, 4.69) is 31.7 Å². The quantitative estimate of drug-likeness (QED) is 0.169. The van der Waals surface area contributed by atoms with Crippen LogP contribution >= 0.6 is 0 Å². The zero-order chi connectivity index (χ0) is 29.1. The maximum Gasteiger partial charge on any atom is 0.389 e. The standard InChI is InChI=1S/C33H45F3O4/c1-4-26-19-28(12-13-30(26)27-10-8-25(9-11-27)7-5-6-15-33(34,35)36)31-20-29(39-18-16-37)21-32(24(31)3)40-17-14-23(2)22-38/h12-13,19-21,25,27,37-38H,2,4-11,14-18,22H2,1,3H3. The Hall–Kier alpha value is -2.51. The van der Waals surface area contributed by atoms with Crippen molar-refractivity contribution in [2.45, 2.75) is 90.1 Å². The minimum absolute atomic E-state index is 0.0665. The number of alkyl halides is 3. The molecule has 0 unspecified atom stereocenters. The number of hydrogen-bond acceptors (Lipinski definition) is 4. The molecule has 1 fully saturated rings. The second kappa shape index (κ2) is 15.5. The molecule has 1 aliphatic rings. The van der Waals surface area contributed by atoms with E-state index >= 15 is 0 Å². The van der Waals surface area contributed by atoms with E-state index in [0.29, 0.717) is 48.4 Å². The van der Waals surface area contributed by atoms with Crippen LogP contribution in [-0.2, 0) is 6.42 Å². The van der Waals surface area contributed by atoms with Crippen molar-refractivity contribution in [3.05, 3.63) is 59.2 Å². The van der Waals surface area contributed by atoms with Crippen LogP contribution in [0.25, 0.3) is 11.1 Å². The summed E-state index contributed by atoms with van der Waals surface area (Å²) in [6.07, 6.45) is 2.86. The molecular formula is C33H45F3O4. The molecule has 222 valence electrons. The fourth-order valence-corrected chi connectivity index (χ4v) is 5.74. The first kappa shape index (κ1) is 32.0. The number of ether oxygens (including phenoxy) is 2. The number of hydrogen-bond donors (Lipinski definition) is 2. The number of aryl methyl sites for hydroxylation is 1. The average Bonchev–Trinajstić information content (AvgIpc) is 2.94. The van der Waals surface area contributed by atoms with Crippen molar-refractivity contribution in [1.29, 1.82) is 0 Å². The first-order valence-electron chi connectivity index (χ1n) is 14.6. The van der Waals surface area contributed by atoms with Crippen LogP contribution in [0.5, 0.6) is 11.5 Å². The minimum atomic E-state index is -4.04. The lowest BCUT2D eigenvalue weighted by molar-refractivity contribution is -0.135. The highest BCUT2D eigenvalue weighted by atomic mass is 19.4. The van der Waals surface area contributed by atoms with Gasteiger partial charge in [-0.1, -0.05) is 44.5 Å². The predicted molar refractivity (Wildman–Crippen MR) is 154 cm³/mol. The Balaban J connectivity index is 1.73. The van der Waals surface area contributed by atoms with Gasteiger partial charge in [0, 0.05) is 18.9 Å². The third-order valence-corrected chi connectivity index (χ3v) is 8.07. The fraction of sp³-hybridized carbons (Fsp3) is 0.576. The Morgan fingerprint density at radius 1 is 1.00 bits per heavy atom. The van der Waals surface area contributed by atoms with E-state index in [0.717, 1.165) is 55.2 Å². The van der Waals surface area contributed by atoms with Crippen molar-refractivity contribution < 1.29 is 32.9 Å². The molecule has 0 amide bonds. The summed E-state index contributed by atoms with van der Waals surface area (Å²) in [5, 5.41) is 18.5. The van der Waals surface area contributed by atoms with Crippen LogP contribution in [0.3, 0.4) is 0 Å². The fourth-order valence-electron chi connectivity index (χ4n) is 5.74. The molecule has 7 heteroatoms. The van der Waals surface area contributed by atoms with Gasteiger partial charge >= 0.3 is 6.18 Å². The van der Waals surface area contributed by atoms with Gasteiger partial charge in [0.05, 0.1) is 19.8 Å². The Morgan fingerprint density at radius 2 is 1.75 bits per heavy atom. The highest BCUT2D eigenvalue weighted by Crippen LogP contribution is 2.41. The summed E-state index contributed by atoms with van der Waals surface area (Å²) in [6.45, 7) is 8.46. The molecule has 0 aromatic heterocycles. The first-order valence-corrected chi connectivity index (χ1v) is 14.6. The zero-order valence-electron chi connectivity index (χ0n) is 24.0. The van der Waals surface area contributed by atoms with Gasteiger partial charge in [0.2, 0.25) is 0 Å². The van der Waals surface area contributed by atoms with Crippen LogP contribution in [-0.4, -0.2) is 42.8 Å². The highest BCUT2D eigenvalue weighted by molar-refractivity contribution is 5.73. The van der Waals surface area contributed by atoms with E-state index in [-0.39, 0.29) is 26.2 Å². The van der Waals surface area contributed by atoms with Gasteiger partial charge in [-0.15, -0.1) is 0 Å². The van der Waals surface area contributed by atoms with Crippen molar-refractivity contribution in [2.75, 3.05) is 26.4 Å². The van der Waals surface area contributed by atoms with Crippen LogP contribution in [0.4, 0.5) is 13.2 Å². The largest absolute Gasteiger partial charge is 0.493 e. The third kappa shape index (κ3) is 9.55. The number of aliphatic hydroxyl groups excluding tert-OH is 2. The number of unbranched alkanes of at least 4 members (excludes halogenated alkanes) is 1. The van der Waals surface area contributed by atoms with Gasteiger partial charge < -0.3 is 19.7 Å². The summed E-state index contributed by atoms with van der Waals surface area (Å²) in [5.41, 5.74) is 6.49. The Labute approximate surface area is 237 Å². The molecule has 1 aliphatic carbocycles. The summed E-state index contributed by atoms with van der Waals surface area (Å²) in [6, 6.07) is 10.5. The van der Waals surface area contributed by atoms with E-state index in [1.165, 1.54) is 11.1 Å². The van der Waals surface area contributed by atoms with Crippen LogP contribution in [0.15, 0.2) is 42.5 Å². The molecule has 0 bridgehead atoms. The molecular weight excluding hydrogens is 517 g/mol. The molecule has 2 aromatic rings. The van der Waals surface area contributed by atoms with Crippen LogP contribution in [0.2, 0.25) is 0 Å². The van der Waals surface area contributed by atoms with E-state index in [4.69, 9.17) is 9.47 Å². The molecule has 4 nitrogen and oxygen atoms in total. The molecule has 1 saturated carbocycles. The van der Waals surface area contributed by atoms with Crippen LogP contribution < -0.4 is 9.47 Å². The number of aliphatic hydroxyl groups is 2. The van der Waals surface area contributed by atoms with E-state index < -0.39 is 12.6 Å². The monoisotopic (exact) mass is 562 g/mol. The van der Waals surface area contributed by atoms with Gasteiger partial charge in [-0.05, 0) is 96.7 Å². The van der Waals surface area contributed by atoms with E-state index in [9.17, 15) is 23.4 Å². The summed E-state index contributed by atoms with van der Waals surface area (Å²) < 4.78 is 49.1. The van der Waals surface area contributed by atoms with Gasteiger partial charge in [-0.3, -0.25) is 0 Å². The minimum Gasteiger partial charge on any atom is -0.493 e. The summed E-state index contributed by atoms with van der Waals surface area (Å²) in [5.74, 6) is 2.34. The molecule has 2 N–H and O–H groups in total. The average molecular weight is 563 g/mol. The van der Waals surface area contributed by atoms with Crippen molar-refractivity contribution in [3.8, 4) is 22.6 Å². The van der Waals surface area contributed by atoms with Gasteiger partial charge in [0.1, 0.15) is 18.1 Å². The lowest BCUT2D eigenvalue weighted by atomic mass is 9.75. The predicted octanol–water partition coefficient (Wildman–Crippen LogP) is 8.31. The summed E-state index contributed by atoms with van der Waals surface area (Å²) in [7, 11) is 0. The van der Waals surface area contributed by atoms with Crippen LogP contribution in [0, 0.1) is 12.8 Å². The molecule has 0 saturated heterocycles. The van der Waals surface area contributed by atoms with Gasteiger partial charge in [-0.2, -0.15) is 13.2 Å². The maximum atomic E-state index is 12.4. The van der Waals surface area contributed by atoms with Crippen molar-refractivity contribution >= 4 is 0 Å². The molecule has 0 atom stereocenters. The molecule has 0 heterocycles. The Morgan fingerprint density at radius 3 is 2.40 bits per heavy atom. The number of benzene rings is 2. The van der Waals surface area contributed by atoms with Crippen molar-refractivity contribution in [2.24, 2.45) is 5.92 Å². The second-order valence-electron chi connectivity index (χ2n) is 11.0. The smallest absolute Gasteiger partial charge is 0.389 e. The van der Waals surface area contributed by atoms with Crippen molar-refractivity contribution in [1.82, 2.24) is 0 Å². The first-order chi connectivity index (χ1) is 19.1. The molecule has 40 heavy (non-hydrogen) atoms. The Bertz CT molecular complexity index is 1090. The molecule has 3 rings (SSSR count). The Kier molecular flexibility index (Phi) is 12.4. The third-order valence-electron chi connectivity index (χ3n) is 8.07. The zero-order valence-corrected chi connectivity index (χ0v) is 24.0. The SMILES string of the molecule is C=C(CO)CCOc1cc(OCCO)cc(-c2ccc(C3CCC(CCCCC(F)(F)F)CC3)c(CC)c2)c1C. The number of halogens is 3. The van der Waals surface area contributed by atoms with E-state index in [1.807, 2.05) is 19.1 Å². The second-order valence-corrected chi connectivity index (χ2v) is 11.0. The van der Waals surface area contributed by atoms with E-state index in [1.54, 1.807) is 0 Å². The summed E-state index contributed by atoms with van der Waals surface area (Å²) >= 11 is 0. The normalized spacial score (nSPS) is 17.6. The van der Waals surface area contributed by atoms with Crippen LogP contribution in [0.1, 0.15) is 87.3 Å². The highest BCUT2D eigenvalue weighted by Gasteiger charge is 2.27. The lowest BCUT2D eigenvalue weighted by Crippen LogP contribution is -2.15. The molecule has 0 radical (unpaired) electrons. The van der Waals surface area contributed by atoms with Gasteiger partial charge in [0.15, 0.2) is 0 Å². The lowest BCUT2D eigenvalue weighted by Gasteiger charge is -2.30. The number of rotatable bonds is 15. The summed E-state index contributed by atoms with van der Waals surface area (Å²) in [4.78, 5) is 0. The van der Waals surface area contributed by atoms with Crippen molar-refractivity contribution in [3.63, 3.8) is 0 Å². The molecule has 0 spiro atoms.